The summed E-state index contributed by atoms with van der Waals surface area (Å²) in [6, 6.07) is 12.1. The van der Waals surface area contributed by atoms with E-state index in [0.717, 1.165) is 24.1 Å². The van der Waals surface area contributed by atoms with Gasteiger partial charge in [0.1, 0.15) is 0 Å². The summed E-state index contributed by atoms with van der Waals surface area (Å²) in [7, 11) is 0. The molecule has 176 valence electrons. The highest BCUT2D eigenvalue weighted by Crippen LogP contribution is 2.51. The fourth-order valence-electron chi connectivity index (χ4n) is 5.99. The first-order valence-corrected chi connectivity index (χ1v) is 12.2. The molecule has 0 bridgehead atoms. The van der Waals surface area contributed by atoms with Gasteiger partial charge in [-0.3, -0.25) is 14.3 Å². The van der Waals surface area contributed by atoms with Crippen LogP contribution in [0.15, 0.2) is 42.6 Å². The third kappa shape index (κ3) is 3.65. The van der Waals surface area contributed by atoms with Crippen molar-refractivity contribution in [2.45, 2.75) is 70.1 Å². The van der Waals surface area contributed by atoms with E-state index < -0.39 is 17.0 Å². The number of alkyl halides is 1. The monoisotopic (exact) mass is 452 g/mol. The molecular weight excluding hydrogens is 419 g/mol. The van der Waals surface area contributed by atoms with Gasteiger partial charge >= 0.3 is 0 Å². The molecule has 0 unspecified atom stereocenters. The maximum absolute atomic E-state index is 15.1. The highest BCUT2D eigenvalue weighted by molar-refractivity contribution is 5.90. The normalized spacial score (nSPS) is 26.8. The largest absolute Gasteiger partial charge is 0.338 e. The molecule has 2 amide bonds. The number of rotatable bonds is 5. The minimum absolute atomic E-state index is 0.0796. The summed E-state index contributed by atoms with van der Waals surface area (Å²) >= 11 is 0. The van der Waals surface area contributed by atoms with Crippen LogP contribution in [0.1, 0.15) is 69.2 Å². The quantitative estimate of drug-likeness (QED) is 0.687. The first-order chi connectivity index (χ1) is 15.8. The summed E-state index contributed by atoms with van der Waals surface area (Å²) in [5, 5.41) is 4.51. The number of likely N-dealkylation sites (tertiary alicyclic amines) is 2. The van der Waals surface area contributed by atoms with E-state index in [9.17, 15) is 9.59 Å². The fraction of sp³-hybridized carbons (Fsp3) is 0.577. The standard InChI is InChI=1S/C26H33FN4O2/c1-19(2)31-22(10-14-28-31)21-17-30(24(33)26(27)12-6-13-26)18-25(21)11-7-15-29(23(25)32)16-20-8-4-3-5-9-20/h3-5,8-10,14,19,21H,6-7,11-13,15-18H2,1-2H3/t21-,25+/m1/s1. The minimum Gasteiger partial charge on any atom is -0.338 e. The molecule has 1 aliphatic carbocycles. The van der Waals surface area contributed by atoms with Gasteiger partial charge in [0.05, 0.1) is 5.41 Å². The fourth-order valence-corrected chi connectivity index (χ4v) is 5.99. The van der Waals surface area contributed by atoms with Gasteiger partial charge in [-0.1, -0.05) is 30.3 Å². The summed E-state index contributed by atoms with van der Waals surface area (Å²) < 4.78 is 17.1. The number of aromatic nitrogens is 2. The van der Waals surface area contributed by atoms with Crippen LogP contribution >= 0.6 is 0 Å². The molecule has 33 heavy (non-hydrogen) atoms. The zero-order chi connectivity index (χ0) is 23.2. The number of hydrogen-bond acceptors (Lipinski definition) is 3. The highest BCUT2D eigenvalue weighted by Gasteiger charge is 2.59. The van der Waals surface area contributed by atoms with Crippen LogP contribution in [0, 0.1) is 5.41 Å². The van der Waals surface area contributed by atoms with Gasteiger partial charge in [0.2, 0.25) is 5.91 Å². The summed E-state index contributed by atoms with van der Waals surface area (Å²) in [5.41, 5.74) is -0.433. The molecule has 6 nitrogen and oxygen atoms in total. The summed E-state index contributed by atoms with van der Waals surface area (Å²) in [6.07, 6.45) is 4.66. The van der Waals surface area contributed by atoms with Gasteiger partial charge in [-0.15, -0.1) is 0 Å². The lowest BCUT2D eigenvalue weighted by Gasteiger charge is -2.43. The predicted molar refractivity (Wildman–Crippen MR) is 123 cm³/mol. The molecule has 1 spiro atoms. The van der Waals surface area contributed by atoms with Crippen LogP contribution in [-0.2, 0) is 16.1 Å². The molecule has 0 radical (unpaired) electrons. The van der Waals surface area contributed by atoms with Crippen molar-refractivity contribution in [3.8, 4) is 0 Å². The molecular formula is C26H33FN4O2. The van der Waals surface area contributed by atoms with E-state index in [-0.39, 0.29) is 37.3 Å². The van der Waals surface area contributed by atoms with Crippen LogP contribution in [-0.4, -0.2) is 56.7 Å². The van der Waals surface area contributed by atoms with E-state index in [2.05, 4.69) is 18.9 Å². The molecule has 2 aliphatic heterocycles. The van der Waals surface area contributed by atoms with E-state index in [1.54, 1.807) is 11.1 Å². The van der Waals surface area contributed by atoms with E-state index in [4.69, 9.17) is 0 Å². The van der Waals surface area contributed by atoms with Crippen molar-refractivity contribution in [3.05, 3.63) is 53.9 Å². The second-order valence-corrected chi connectivity index (χ2v) is 10.3. The number of amides is 2. The Kier molecular flexibility index (Phi) is 5.53. The van der Waals surface area contributed by atoms with Crippen molar-refractivity contribution in [2.75, 3.05) is 19.6 Å². The van der Waals surface area contributed by atoms with E-state index >= 15 is 4.39 Å². The minimum atomic E-state index is -1.75. The van der Waals surface area contributed by atoms with Gasteiger partial charge in [-0.25, -0.2) is 4.39 Å². The smallest absolute Gasteiger partial charge is 0.260 e. The Hall–Kier alpha value is -2.70. The lowest BCUT2D eigenvalue weighted by molar-refractivity contribution is -0.152. The van der Waals surface area contributed by atoms with Crippen LogP contribution in [0.2, 0.25) is 0 Å². The second kappa shape index (κ2) is 8.26. The molecule has 3 aliphatic rings. The Balaban J connectivity index is 1.50. The SMILES string of the molecule is CC(C)n1nccc1[C@H]1CN(C(=O)C2(F)CCC2)C[C@@]12CCCN(Cc1ccccc1)C2=O. The molecule has 2 saturated heterocycles. The zero-order valence-corrected chi connectivity index (χ0v) is 19.5. The lowest BCUT2D eigenvalue weighted by Crippen LogP contribution is -2.53. The number of piperidine rings is 1. The number of carbonyl (C=O) groups excluding carboxylic acids is 2. The molecule has 3 fully saturated rings. The zero-order valence-electron chi connectivity index (χ0n) is 19.5. The lowest BCUT2D eigenvalue weighted by atomic mass is 9.70. The molecule has 3 heterocycles. The van der Waals surface area contributed by atoms with E-state index in [1.807, 2.05) is 46.0 Å². The van der Waals surface area contributed by atoms with Crippen molar-refractivity contribution in [1.29, 1.82) is 0 Å². The van der Waals surface area contributed by atoms with Gasteiger partial charge in [-0.2, -0.15) is 5.10 Å². The highest BCUT2D eigenvalue weighted by atomic mass is 19.1. The van der Waals surface area contributed by atoms with Crippen LogP contribution in [0.25, 0.3) is 0 Å². The number of carbonyl (C=O) groups is 2. The average molecular weight is 453 g/mol. The number of nitrogens with zero attached hydrogens (tertiary/aromatic N) is 4. The second-order valence-electron chi connectivity index (χ2n) is 10.3. The van der Waals surface area contributed by atoms with Gasteiger partial charge in [-0.05, 0) is 57.6 Å². The first-order valence-electron chi connectivity index (χ1n) is 12.2. The number of halogens is 1. The summed E-state index contributed by atoms with van der Waals surface area (Å²) in [6.45, 7) is 6.04. The van der Waals surface area contributed by atoms with Crippen molar-refractivity contribution in [3.63, 3.8) is 0 Å². The maximum atomic E-state index is 15.1. The van der Waals surface area contributed by atoms with Crippen molar-refractivity contribution < 1.29 is 14.0 Å². The Labute approximate surface area is 194 Å². The van der Waals surface area contributed by atoms with Gasteiger partial charge < -0.3 is 9.80 Å². The van der Waals surface area contributed by atoms with Gasteiger partial charge in [0.25, 0.3) is 5.91 Å². The van der Waals surface area contributed by atoms with Crippen LogP contribution in [0.5, 0.6) is 0 Å². The first kappa shape index (κ1) is 22.1. The molecule has 1 saturated carbocycles. The Morgan fingerprint density at radius 3 is 2.58 bits per heavy atom. The predicted octanol–water partition coefficient (Wildman–Crippen LogP) is 4.09. The molecule has 1 aromatic carbocycles. The van der Waals surface area contributed by atoms with Crippen LogP contribution in [0.4, 0.5) is 4.39 Å². The van der Waals surface area contributed by atoms with Gasteiger partial charge in [0.15, 0.2) is 5.67 Å². The summed E-state index contributed by atoms with van der Waals surface area (Å²) in [4.78, 5) is 30.9. The number of benzene rings is 1. The summed E-state index contributed by atoms with van der Waals surface area (Å²) in [5.74, 6) is -0.545. The van der Waals surface area contributed by atoms with Crippen LogP contribution in [0.3, 0.4) is 0 Å². The van der Waals surface area contributed by atoms with E-state index in [1.165, 1.54) is 0 Å². The third-order valence-electron chi connectivity index (χ3n) is 7.89. The molecule has 5 rings (SSSR count). The Morgan fingerprint density at radius 2 is 1.91 bits per heavy atom. The van der Waals surface area contributed by atoms with Crippen molar-refractivity contribution in [1.82, 2.24) is 19.6 Å². The van der Waals surface area contributed by atoms with Crippen molar-refractivity contribution in [2.24, 2.45) is 5.41 Å². The Bertz CT molecular complexity index is 1030. The van der Waals surface area contributed by atoms with E-state index in [0.29, 0.717) is 26.1 Å². The molecule has 0 N–H and O–H groups in total. The average Bonchev–Trinajstić information content (AvgIpc) is 3.41. The van der Waals surface area contributed by atoms with Gasteiger partial charge in [0, 0.05) is 50.0 Å². The van der Waals surface area contributed by atoms with Crippen LogP contribution < -0.4 is 0 Å². The third-order valence-corrected chi connectivity index (χ3v) is 7.89. The Morgan fingerprint density at radius 1 is 1.15 bits per heavy atom. The molecule has 2 aromatic rings. The topological polar surface area (TPSA) is 58.4 Å². The molecule has 2 atom stereocenters. The number of hydrogen-bond donors (Lipinski definition) is 0. The molecule has 7 heteroatoms. The maximum Gasteiger partial charge on any atom is 0.260 e. The van der Waals surface area contributed by atoms with Crippen molar-refractivity contribution >= 4 is 11.8 Å². The molecule has 1 aromatic heterocycles.